The van der Waals surface area contributed by atoms with E-state index in [4.69, 9.17) is 0 Å². The van der Waals surface area contributed by atoms with Crippen LogP contribution in [0.1, 0.15) is 28.8 Å². The molecule has 2 aliphatic rings. The first kappa shape index (κ1) is 19.5. The minimum Gasteiger partial charge on any atom is -0.352 e. The van der Waals surface area contributed by atoms with E-state index < -0.39 is 0 Å². The molecule has 0 spiro atoms. The number of carbonyl (C=O) groups is 2. The van der Waals surface area contributed by atoms with Gasteiger partial charge in [-0.25, -0.2) is 19.2 Å². The van der Waals surface area contributed by atoms with Crippen molar-refractivity contribution in [2.45, 2.75) is 19.4 Å². The van der Waals surface area contributed by atoms with Gasteiger partial charge in [-0.1, -0.05) is 12.1 Å². The second-order valence-electron chi connectivity index (χ2n) is 8.02. The fourth-order valence-electron chi connectivity index (χ4n) is 3.96. The number of nitrogens with zero attached hydrogens (tertiary/aromatic N) is 4. The van der Waals surface area contributed by atoms with Crippen molar-refractivity contribution in [2.24, 2.45) is 5.92 Å². The molecule has 3 heterocycles. The van der Waals surface area contributed by atoms with Gasteiger partial charge in [-0.05, 0) is 30.5 Å². The third-order valence-electron chi connectivity index (χ3n) is 5.89. The van der Waals surface area contributed by atoms with Crippen LogP contribution in [0.15, 0.2) is 36.8 Å². The number of hydrogen-bond acceptors (Lipinski definition) is 5. The molecule has 5 rings (SSSR count). The number of carbonyl (C=O) groups excluding carboxylic acids is 2. The van der Waals surface area contributed by atoms with Gasteiger partial charge in [0.15, 0.2) is 5.78 Å². The van der Waals surface area contributed by atoms with Crippen molar-refractivity contribution < 1.29 is 14.0 Å². The Hall–Kier alpha value is -3.49. The molecule has 8 nitrogen and oxygen atoms in total. The molecule has 0 bridgehead atoms. The molecule has 0 atom stereocenters. The first-order valence-corrected chi connectivity index (χ1v) is 10.5. The van der Waals surface area contributed by atoms with Gasteiger partial charge >= 0.3 is 6.03 Å². The summed E-state index contributed by atoms with van der Waals surface area (Å²) in [5.74, 6) is 0.714. The standard InChI is InChI=1S/C22H23FN6O2/c23-16-5-1-14(2-6-16)11-25-22(31)29-9-7-28(8-10-29)21-18-17(19(30)15-3-4-15)12-24-20(18)26-13-27-21/h1-2,5-6,12-13,15H,3-4,7-11H2,(H,25,31)(H,24,26,27). The topological polar surface area (TPSA) is 94.2 Å². The number of nitrogens with one attached hydrogen (secondary N) is 2. The summed E-state index contributed by atoms with van der Waals surface area (Å²) in [6, 6.07) is 5.93. The van der Waals surface area contributed by atoms with E-state index in [0.717, 1.165) is 29.6 Å². The molecule has 2 aromatic heterocycles. The highest BCUT2D eigenvalue weighted by molar-refractivity contribution is 6.12. The number of hydrogen-bond donors (Lipinski definition) is 2. The Morgan fingerprint density at radius 2 is 1.84 bits per heavy atom. The van der Waals surface area contributed by atoms with Gasteiger partial charge in [0, 0.05) is 50.4 Å². The summed E-state index contributed by atoms with van der Waals surface area (Å²) in [5, 5.41) is 3.65. The van der Waals surface area contributed by atoms with Crippen LogP contribution in [0.2, 0.25) is 0 Å². The molecule has 1 saturated carbocycles. The van der Waals surface area contributed by atoms with Crippen LogP contribution in [-0.4, -0.2) is 57.8 Å². The third-order valence-corrected chi connectivity index (χ3v) is 5.89. The summed E-state index contributed by atoms with van der Waals surface area (Å²) in [6.45, 7) is 2.65. The predicted molar refractivity (Wildman–Crippen MR) is 113 cm³/mol. The number of ketones is 1. The van der Waals surface area contributed by atoms with Crippen molar-refractivity contribution in [1.82, 2.24) is 25.2 Å². The van der Waals surface area contributed by atoms with E-state index in [1.807, 2.05) is 0 Å². The number of anilines is 1. The van der Waals surface area contributed by atoms with Crippen LogP contribution >= 0.6 is 0 Å². The summed E-state index contributed by atoms with van der Waals surface area (Å²) in [4.78, 5) is 40.9. The molecule has 2 amide bonds. The molecule has 2 N–H and O–H groups in total. The van der Waals surface area contributed by atoms with Crippen LogP contribution in [0.4, 0.5) is 15.0 Å². The number of piperazine rings is 1. The van der Waals surface area contributed by atoms with Crippen LogP contribution in [0.3, 0.4) is 0 Å². The Kier molecular flexibility index (Phi) is 5.01. The Balaban J connectivity index is 1.24. The van der Waals surface area contributed by atoms with Crippen molar-refractivity contribution >= 4 is 28.7 Å². The molecule has 31 heavy (non-hydrogen) atoms. The lowest BCUT2D eigenvalue weighted by atomic mass is 10.1. The lowest BCUT2D eigenvalue weighted by Gasteiger charge is -2.35. The summed E-state index contributed by atoms with van der Waals surface area (Å²) in [5.41, 5.74) is 2.16. The average molecular weight is 422 g/mol. The summed E-state index contributed by atoms with van der Waals surface area (Å²) >= 11 is 0. The van der Waals surface area contributed by atoms with E-state index in [2.05, 4.69) is 25.2 Å². The molecule has 3 aromatic rings. The van der Waals surface area contributed by atoms with Gasteiger partial charge < -0.3 is 20.1 Å². The fraction of sp³-hybridized carbons (Fsp3) is 0.364. The van der Waals surface area contributed by atoms with Crippen LogP contribution in [0, 0.1) is 11.7 Å². The van der Waals surface area contributed by atoms with Crippen molar-refractivity contribution in [2.75, 3.05) is 31.1 Å². The van der Waals surface area contributed by atoms with E-state index >= 15 is 0 Å². The van der Waals surface area contributed by atoms with Gasteiger partial charge in [0.25, 0.3) is 0 Å². The largest absolute Gasteiger partial charge is 0.352 e. The van der Waals surface area contributed by atoms with E-state index in [1.54, 1.807) is 23.2 Å². The van der Waals surface area contributed by atoms with Gasteiger partial charge in [-0.3, -0.25) is 4.79 Å². The van der Waals surface area contributed by atoms with Gasteiger partial charge in [-0.15, -0.1) is 0 Å². The smallest absolute Gasteiger partial charge is 0.317 e. The molecule has 1 saturated heterocycles. The monoisotopic (exact) mass is 422 g/mol. The third kappa shape index (κ3) is 3.95. The summed E-state index contributed by atoms with van der Waals surface area (Å²) < 4.78 is 13.0. The zero-order chi connectivity index (χ0) is 21.4. The molecular formula is C22H23FN6O2. The van der Waals surface area contributed by atoms with E-state index in [9.17, 15) is 14.0 Å². The first-order chi connectivity index (χ1) is 15.1. The molecule has 0 unspecified atom stereocenters. The molecule has 0 radical (unpaired) electrons. The Morgan fingerprint density at radius 3 is 2.55 bits per heavy atom. The van der Waals surface area contributed by atoms with Gasteiger partial charge in [0.2, 0.25) is 0 Å². The lowest BCUT2D eigenvalue weighted by molar-refractivity contribution is 0.0969. The SMILES string of the molecule is O=C(c1c[nH]c2ncnc(N3CCN(C(=O)NCc4ccc(F)cc4)CC3)c12)C1CC1. The maximum atomic E-state index is 13.0. The summed E-state index contributed by atoms with van der Waals surface area (Å²) in [6.07, 6.45) is 5.13. The number of halogens is 1. The number of benzene rings is 1. The van der Waals surface area contributed by atoms with E-state index in [1.165, 1.54) is 18.5 Å². The minimum absolute atomic E-state index is 0.119. The maximum absolute atomic E-state index is 13.0. The number of rotatable bonds is 5. The fourth-order valence-corrected chi connectivity index (χ4v) is 3.96. The Morgan fingerprint density at radius 1 is 1.10 bits per heavy atom. The van der Waals surface area contributed by atoms with E-state index in [0.29, 0.717) is 43.9 Å². The zero-order valence-corrected chi connectivity index (χ0v) is 17.0. The number of aromatic nitrogens is 3. The average Bonchev–Trinajstić information content (AvgIpc) is 3.56. The van der Waals surface area contributed by atoms with Crippen molar-refractivity contribution in [1.29, 1.82) is 0 Å². The number of amides is 2. The Labute approximate surface area is 178 Å². The van der Waals surface area contributed by atoms with Crippen molar-refractivity contribution in [3.63, 3.8) is 0 Å². The maximum Gasteiger partial charge on any atom is 0.317 e. The molecule has 160 valence electrons. The number of aromatic amines is 1. The zero-order valence-electron chi connectivity index (χ0n) is 17.0. The lowest BCUT2D eigenvalue weighted by Crippen LogP contribution is -2.52. The van der Waals surface area contributed by atoms with Crippen LogP contribution in [0.25, 0.3) is 11.0 Å². The van der Waals surface area contributed by atoms with Crippen LogP contribution in [-0.2, 0) is 6.54 Å². The van der Waals surface area contributed by atoms with Gasteiger partial charge in [-0.2, -0.15) is 0 Å². The second kappa shape index (κ2) is 7.98. The van der Waals surface area contributed by atoms with Gasteiger partial charge in [0.05, 0.1) is 5.39 Å². The van der Waals surface area contributed by atoms with E-state index in [-0.39, 0.29) is 23.5 Å². The van der Waals surface area contributed by atoms with Gasteiger partial charge in [0.1, 0.15) is 23.6 Å². The summed E-state index contributed by atoms with van der Waals surface area (Å²) in [7, 11) is 0. The second-order valence-corrected chi connectivity index (χ2v) is 8.02. The molecule has 1 aliphatic heterocycles. The molecule has 2 fully saturated rings. The number of H-pyrrole nitrogens is 1. The first-order valence-electron chi connectivity index (χ1n) is 10.5. The highest BCUT2D eigenvalue weighted by Crippen LogP contribution is 2.36. The highest BCUT2D eigenvalue weighted by Gasteiger charge is 2.33. The van der Waals surface area contributed by atoms with Crippen LogP contribution < -0.4 is 10.2 Å². The molecule has 1 aromatic carbocycles. The number of Topliss-reactive ketones (excluding diaryl/α,β-unsaturated/α-hetero) is 1. The molecule has 1 aliphatic carbocycles. The Bertz CT molecular complexity index is 1120. The number of fused-ring (bicyclic) bond motifs is 1. The minimum atomic E-state index is -0.297. The molecular weight excluding hydrogens is 399 g/mol. The number of urea groups is 1. The van der Waals surface area contributed by atoms with Crippen LogP contribution in [0.5, 0.6) is 0 Å². The quantitative estimate of drug-likeness (QED) is 0.617. The van der Waals surface area contributed by atoms with Crippen molar-refractivity contribution in [3.05, 3.63) is 53.7 Å². The highest BCUT2D eigenvalue weighted by atomic mass is 19.1. The van der Waals surface area contributed by atoms with Crippen molar-refractivity contribution in [3.8, 4) is 0 Å². The molecule has 9 heteroatoms. The normalized spacial score (nSPS) is 16.5. The predicted octanol–water partition coefficient (Wildman–Crippen LogP) is 2.72.